The van der Waals surface area contributed by atoms with E-state index in [0.717, 1.165) is 0 Å². The topological polar surface area (TPSA) is 38.7 Å². The van der Waals surface area contributed by atoms with Crippen LogP contribution in [0.25, 0.3) is 0 Å². The minimum Gasteiger partial charge on any atom is -0.496 e. The van der Waals surface area contributed by atoms with E-state index in [1.54, 1.807) is 50.4 Å². The van der Waals surface area contributed by atoms with Crippen molar-refractivity contribution in [3.63, 3.8) is 0 Å². The molecule has 0 aromatic heterocycles. The number of ether oxygens (including phenoxy) is 2. The number of benzene rings is 2. The lowest BCUT2D eigenvalue weighted by atomic mass is 10.1. The second-order valence-electron chi connectivity index (χ2n) is 4.23. The standard InChI is InChI=1S/C15H14Cl2O3/c1-9(18)15-13(19-2)4-3-5-14(15)20-10-6-7-11(16)12(17)8-10/h3-9,18H,1-2H3/t9-/m1/s1. The third kappa shape index (κ3) is 3.18. The van der Waals surface area contributed by atoms with Crippen LogP contribution in [0.3, 0.4) is 0 Å². The van der Waals surface area contributed by atoms with Gasteiger partial charge in [-0.25, -0.2) is 0 Å². The van der Waals surface area contributed by atoms with Gasteiger partial charge < -0.3 is 14.6 Å². The van der Waals surface area contributed by atoms with Crippen molar-refractivity contribution in [2.45, 2.75) is 13.0 Å². The lowest BCUT2D eigenvalue weighted by Crippen LogP contribution is -2.00. The van der Waals surface area contributed by atoms with E-state index in [9.17, 15) is 5.11 Å². The van der Waals surface area contributed by atoms with Gasteiger partial charge in [-0.1, -0.05) is 29.3 Å². The number of aliphatic hydroxyl groups is 1. The van der Waals surface area contributed by atoms with Crippen LogP contribution in [0.2, 0.25) is 10.0 Å². The summed E-state index contributed by atoms with van der Waals surface area (Å²) in [5.74, 6) is 1.62. The fourth-order valence-corrected chi connectivity index (χ4v) is 2.16. The average Bonchev–Trinajstić information content (AvgIpc) is 2.42. The first kappa shape index (κ1) is 15.0. The number of methoxy groups -OCH3 is 1. The Morgan fingerprint density at radius 3 is 2.35 bits per heavy atom. The van der Waals surface area contributed by atoms with Crippen molar-refractivity contribution >= 4 is 23.2 Å². The van der Waals surface area contributed by atoms with Crippen molar-refractivity contribution in [3.05, 3.63) is 52.0 Å². The summed E-state index contributed by atoms with van der Waals surface area (Å²) in [5.41, 5.74) is 0.584. The van der Waals surface area contributed by atoms with Gasteiger partial charge in [0.2, 0.25) is 0 Å². The molecule has 1 atom stereocenters. The number of hydrogen-bond donors (Lipinski definition) is 1. The van der Waals surface area contributed by atoms with E-state index in [1.165, 1.54) is 0 Å². The third-order valence-corrected chi connectivity index (χ3v) is 3.52. The SMILES string of the molecule is COc1cccc(Oc2ccc(Cl)c(Cl)c2)c1[C@@H](C)O. The van der Waals surface area contributed by atoms with Gasteiger partial charge in [0.1, 0.15) is 17.2 Å². The predicted octanol–water partition coefficient (Wildman–Crippen LogP) is 4.85. The molecule has 2 aromatic carbocycles. The third-order valence-electron chi connectivity index (χ3n) is 2.78. The fourth-order valence-electron chi connectivity index (χ4n) is 1.87. The Labute approximate surface area is 127 Å². The van der Waals surface area contributed by atoms with Crippen molar-refractivity contribution in [3.8, 4) is 17.2 Å². The highest BCUT2D eigenvalue weighted by Gasteiger charge is 2.16. The second-order valence-corrected chi connectivity index (χ2v) is 5.04. The van der Waals surface area contributed by atoms with Crippen molar-refractivity contribution in [1.82, 2.24) is 0 Å². The van der Waals surface area contributed by atoms with E-state index in [4.69, 9.17) is 32.7 Å². The zero-order valence-corrected chi connectivity index (χ0v) is 12.6. The van der Waals surface area contributed by atoms with Crippen LogP contribution in [-0.4, -0.2) is 12.2 Å². The lowest BCUT2D eigenvalue weighted by molar-refractivity contribution is 0.190. The normalized spacial score (nSPS) is 12.1. The highest BCUT2D eigenvalue weighted by atomic mass is 35.5. The number of hydrogen-bond acceptors (Lipinski definition) is 3. The molecule has 0 heterocycles. The monoisotopic (exact) mass is 312 g/mol. The Bertz CT molecular complexity index is 612. The summed E-state index contributed by atoms with van der Waals surface area (Å²) in [5, 5.41) is 10.8. The molecule has 0 saturated heterocycles. The maximum atomic E-state index is 9.89. The van der Waals surface area contributed by atoms with Crippen LogP contribution in [0.1, 0.15) is 18.6 Å². The van der Waals surface area contributed by atoms with Crippen LogP contribution in [-0.2, 0) is 0 Å². The van der Waals surface area contributed by atoms with Gasteiger partial charge >= 0.3 is 0 Å². The van der Waals surface area contributed by atoms with Crippen LogP contribution in [0.4, 0.5) is 0 Å². The molecule has 0 unspecified atom stereocenters. The molecular weight excluding hydrogens is 299 g/mol. The molecule has 5 heteroatoms. The summed E-state index contributed by atoms with van der Waals surface area (Å²) < 4.78 is 11.0. The Hall–Kier alpha value is -1.42. The molecule has 20 heavy (non-hydrogen) atoms. The molecule has 0 amide bonds. The highest BCUT2D eigenvalue weighted by Crippen LogP contribution is 2.37. The molecule has 0 fully saturated rings. The maximum absolute atomic E-state index is 9.89. The Morgan fingerprint density at radius 1 is 1.05 bits per heavy atom. The maximum Gasteiger partial charge on any atom is 0.136 e. The summed E-state index contributed by atoms with van der Waals surface area (Å²) in [6.45, 7) is 1.65. The minimum atomic E-state index is -0.719. The highest BCUT2D eigenvalue weighted by molar-refractivity contribution is 6.42. The van der Waals surface area contributed by atoms with E-state index in [-0.39, 0.29) is 0 Å². The molecule has 0 saturated carbocycles. The molecule has 3 nitrogen and oxygen atoms in total. The van der Waals surface area contributed by atoms with Crippen LogP contribution in [0.15, 0.2) is 36.4 Å². The Morgan fingerprint density at radius 2 is 1.75 bits per heavy atom. The molecule has 0 bridgehead atoms. The lowest BCUT2D eigenvalue weighted by Gasteiger charge is -2.16. The van der Waals surface area contributed by atoms with Gasteiger partial charge in [-0.2, -0.15) is 0 Å². The zero-order valence-electron chi connectivity index (χ0n) is 11.1. The van der Waals surface area contributed by atoms with Crippen molar-refractivity contribution in [1.29, 1.82) is 0 Å². The van der Waals surface area contributed by atoms with Crippen LogP contribution >= 0.6 is 23.2 Å². The number of aliphatic hydroxyl groups excluding tert-OH is 1. The summed E-state index contributed by atoms with van der Waals surface area (Å²) in [6, 6.07) is 10.3. The molecule has 0 aliphatic heterocycles. The molecular formula is C15H14Cl2O3. The molecule has 2 rings (SSSR count). The van der Waals surface area contributed by atoms with Gasteiger partial charge in [0.25, 0.3) is 0 Å². The average molecular weight is 313 g/mol. The summed E-state index contributed by atoms with van der Waals surface area (Å²) >= 11 is 11.8. The quantitative estimate of drug-likeness (QED) is 0.877. The molecule has 106 valence electrons. The van der Waals surface area contributed by atoms with Crippen LogP contribution < -0.4 is 9.47 Å². The smallest absolute Gasteiger partial charge is 0.136 e. The van der Waals surface area contributed by atoms with E-state index >= 15 is 0 Å². The van der Waals surface area contributed by atoms with Crippen molar-refractivity contribution < 1.29 is 14.6 Å². The van der Waals surface area contributed by atoms with Gasteiger partial charge in [0, 0.05) is 6.07 Å². The van der Waals surface area contributed by atoms with Gasteiger partial charge in [-0.3, -0.25) is 0 Å². The predicted molar refractivity (Wildman–Crippen MR) is 80.2 cm³/mol. The molecule has 0 aliphatic rings. The van der Waals surface area contributed by atoms with Gasteiger partial charge in [-0.05, 0) is 31.2 Å². The van der Waals surface area contributed by atoms with E-state index < -0.39 is 6.10 Å². The summed E-state index contributed by atoms with van der Waals surface area (Å²) in [6.07, 6.45) is -0.719. The number of halogens is 2. The largest absolute Gasteiger partial charge is 0.496 e. The molecule has 1 N–H and O–H groups in total. The molecule has 0 spiro atoms. The fraction of sp³-hybridized carbons (Fsp3) is 0.200. The Balaban J connectivity index is 2.40. The van der Waals surface area contributed by atoms with Crippen LogP contribution in [0, 0.1) is 0 Å². The van der Waals surface area contributed by atoms with Gasteiger partial charge in [0.05, 0.1) is 28.8 Å². The van der Waals surface area contributed by atoms with E-state index in [2.05, 4.69) is 0 Å². The van der Waals surface area contributed by atoms with Crippen LogP contribution in [0.5, 0.6) is 17.2 Å². The zero-order chi connectivity index (χ0) is 14.7. The minimum absolute atomic E-state index is 0.408. The first-order valence-corrected chi connectivity index (χ1v) is 6.76. The summed E-state index contributed by atoms with van der Waals surface area (Å²) in [4.78, 5) is 0. The second kappa shape index (κ2) is 6.35. The first-order chi connectivity index (χ1) is 9.52. The Kier molecular flexibility index (Phi) is 4.76. The first-order valence-electron chi connectivity index (χ1n) is 6.00. The number of rotatable bonds is 4. The van der Waals surface area contributed by atoms with Gasteiger partial charge in [-0.15, -0.1) is 0 Å². The molecule has 0 aliphatic carbocycles. The molecule has 0 radical (unpaired) electrons. The van der Waals surface area contributed by atoms with E-state index in [1.807, 2.05) is 0 Å². The summed E-state index contributed by atoms with van der Waals surface area (Å²) in [7, 11) is 1.55. The van der Waals surface area contributed by atoms with E-state index in [0.29, 0.717) is 32.9 Å². The van der Waals surface area contributed by atoms with Crippen molar-refractivity contribution in [2.24, 2.45) is 0 Å². The molecule has 2 aromatic rings. The van der Waals surface area contributed by atoms with Crippen molar-refractivity contribution in [2.75, 3.05) is 7.11 Å². The van der Waals surface area contributed by atoms with Gasteiger partial charge in [0.15, 0.2) is 0 Å².